The normalized spacial score (nSPS) is 18.7. The highest BCUT2D eigenvalue weighted by Gasteiger charge is 2.33. The molecule has 29 heavy (non-hydrogen) atoms. The summed E-state index contributed by atoms with van der Waals surface area (Å²) in [6, 6.07) is 12.6. The molecule has 0 spiro atoms. The second kappa shape index (κ2) is 7.46. The lowest BCUT2D eigenvalue weighted by atomic mass is 10.2. The van der Waals surface area contributed by atoms with Gasteiger partial charge >= 0.3 is 0 Å². The van der Waals surface area contributed by atoms with Gasteiger partial charge in [0.25, 0.3) is 11.5 Å². The van der Waals surface area contributed by atoms with Gasteiger partial charge in [-0.2, -0.15) is 9.78 Å². The highest BCUT2D eigenvalue weighted by atomic mass is 32.2. The molecule has 0 bridgehead atoms. The molecule has 1 atom stereocenters. The van der Waals surface area contributed by atoms with Crippen LogP contribution in [0.2, 0.25) is 0 Å². The zero-order chi connectivity index (χ0) is 19.8. The Balaban J connectivity index is 1.74. The monoisotopic (exact) mass is 406 g/mol. The molecule has 2 aromatic heterocycles. The highest BCUT2D eigenvalue weighted by molar-refractivity contribution is 7.99. The minimum atomic E-state index is -0.414. The summed E-state index contributed by atoms with van der Waals surface area (Å²) in [5, 5.41) is 4.94. The number of amides is 1. The van der Waals surface area contributed by atoms with Crippen LogP contribution in [0.15, 0.2) is 69.6 Å². The molecule has 4 heterocycles. The van der Waals surface area contributed by atoms with Gasteiger partial charge in [0.15, 0.2) is 6.23 Å². The first kappa shape index (κ1) is 18.1. The fourth-order valence-electron chi connectivity index (χ4n) is 3.63. The summed E-state index contributed by atoms with van der Waals surface area (Å²) in [7, 11) is 0. The van der Waals surface area contributed by atoms with Crippen molar-refractivity contribution in [2.45, 2.75) is 35.4 Å². The van der Waals surface area contributed by atoms with Gasteiger partial charge in [-0.05, 0) is 43.5 Å². The van der Waals surface area contributed by atoms with Crippen LogP contribution in [-0.2, 0) is 4.74 Å². The SMILES string of the molecule is O=C1c2cccnc2Sc2cnn(C3CCCCO3)c(=O)c2N1c1ccccc1. The number of carbonyl (C=O) groups excluding carboxylic acids is 1. The molecule has 1 aromatic carbocycles. The Kier molecular flexibility index (Phi) is 4.65. The second-order valence-electron chi connectivity index (χ2n) is 6.86. The van der Waals surface area contributed by atoms with Crippen LogP contribution in [0.25, 0.3) is 0 Å². The molecule has 1 fully saturated rings. The van der Waals surface area contributed by atoms with Gasteiger partial charge in [-0.15, -0.1) is 0 Å². The molecule has 1 saturated heterocycles. The maximum atomic E-state index is 13.5. The van der Waals surface area contributed by atoms with Crippen molar-refractivity contribution < 1.29 is 9.53 Å². The Bertz CT molecular complexity index is 1130. The van der Waals surface area contributed by atoms with Crippen LogP contribution in [0.1, 0.15) is 35.8 Å². The molecular formula is C21H18N4O3S. The van der Waals surface area contributed by atoms with Gasteiger partial charge in [0.2, 0.25) is 0 Å². The molecule has 0 saturated carbocycles. The smallest absolute Gasteiger partial charge is 0.294 e. The lowest BCUT2D eigenvalue weighted by Crippen LogP contribution is -2.37. The third-order valence-corrected chi connectivity index (χ3v) is 6.06. The van der Waals surface area contributed by atoms with Gasteiger partial charge in [0, 0.05) is 18.5 Å². The van der Waals surface area contributed by atoms with Crippen LogP contribution < -0.4 is 10.5 Å². The average molecular weight is 406 g/mol. The van der Waals surface area contributed by atoms with Gasteiger partial charge in [0.1, 0.15) is 10.7 Å². The van der Waals surface area contributed by atoms with E-state index in [0.717, 1.165) is 19.3 Å². The minimum absolute atomic E-state index is 0.286. The van der Waals surface area contributed by atoms with Gasteiger partial charge in [-0.1, -0.05) is 30.0 Å². The molecule has 1 amide bonds. The molecule has 8 heteroatoms. The van der Waals surface area contributed by atoms with Crippen LogP contribution in [0.4, 0.5) is 11.4 Å². The maximum Gasteiger partial charge on any atom is 0.294 e. The Hall–Kier alpha value is -2.97. The van der Waals surface area contributed by atoms with Gasteiger partial charge < -0.3 is 4.74 Å². The predicted octanol–water partition coefficient (Wildman–Crippen LogP) is 3.78. The van der Waals surface area contributed by atoms with E-state index in [0.29, 0.717) is 27.8 Å². The van der Waals surface area contributed by atoms with Crippen molar-refractivity contribution in [2.24, 2.45) is 0 Å². The number of anilines is 2. The number of hydrogen-bond donors (Lipinski definition) is 0. The third-order valence-electron chi connectivity index (χ3n) is 5.02. The zero-order valence-electron chi connectivity index (χ0n) is 15.5. The number of para-hydroxylation sites is 1. The van der Waals surface area contributed by atoms with Crippen LogP contribution in [0, 0.1) is 0 Å². The van der Waals surface area contributed by atoms with E-state index in [1.807, 2.05) is 30.3 Å². The van der Waals surface area contributed by atoms with Crippen LogP contribution in [-0.4, -0.2) is 27.3 Å². The maximum absolute atomic E-state index is 13.5. The number of aromatic nitrogens is 3. The highest BCUT2D eigenvalue weighted by Crippen LogP contribution is 2.41. The van der Waals surface area contributed by atoms with Crippen LogP contribution in [0.3, 0.4) is 0 Å². The Morgan fingerprint density at radius 3 is 2.72 bits per heavy atom. The number of carbonyl (C=O) groups is 1. The third kappa shape index (κ3) is 3.14. The number of ether oxygens (including phenoxy) is 1. The first-order chi connectivity index (χ1) is 14.2. The summed E-state index contributed by atoms with van der Waals surface area (Å²) in [6.07, 6.45) is 5.53. The van der Waals surface area contributed by atoms with E-state index < -0.39 is 6.23 Å². The van der Waals surface area contributed by atoms with E-state index in [1.54, 1.807) is 24.5 Å². The van der Waals surface area contributed by atoms with E-state index in [2.05, 4.69) is 10.1 Å². The Labute approximate surface area is 171 Å². The molecule has 3 aromatic rings. The van der Waals surface area contributed by atoms with Gasteiger partial charge in [0.05, 0.1) is 16.7 Å². The van der Waals surface area contributed by atoms with Gasteiger partial charge in [-0.25, -0.2) is 4.98 Å². The second-order valence-corrected chi connectivity index (χ2v) is 7.89. The number of fused-ring (bicyclic) bond motifs is 2. The van der Waals surface area contributed by atoms with Gasteiger partial charge in [-0.3, -0.25) is 14.5 Å². The quantitative estimate of drug-likeness (QED) is 0.645. The fraction of sp³-hybridized carbons (Fsp3) is 0.238. The molecule has 2 aliphatic heterocycles. The fourth-order valence-corrected chi connectivity index (χ4v) is 4.59. The molecule has 1 unspecified atom stereocenters. The molecule has 0 aliphatic carbocycles. The van der Waals surface area contributed by atoms with Crippen molar-refractivity contribution in [3.8, 4) is 0 Å². The number of nitrogens with zero attached hydrogens (tertiary/aromatic N) is 4. The number of hydrogen-bond acceptors (Lipinski definition) is 6. The molecule has 7 nitrogen and oxygen atoms in total. The van der Waals surface area contributed by atoms with E-state index in [-0.39, 0.29) is 17.2 Å². The van der Waals surface area contributed by atoms with E-state index in [1.165, 1.54) is 21.3 Å². The first-order valence-corrected chi connectivity index (χ1v) is 10.3. The topological polar surface area (TPSA) is 77.3 Å². The summed E-state index contributed by atoms with van der Waals surface area (Å²) < 4.78 is 7.14. The molecule has 0 radical (unpaired) electrons. The van der Waals surface area contributed by atoms with Crippen molar-refractivity contribution in [3.05, 3.63) is 70.8 Å². The molecule has 2 aliphatic rings. The van der Waals surface area contributed by atoms with Crippen molar-refractivity contribution >= 4 is 29.0 Å². The lowest BCUT2D eigenvalue weighted by molar-refractivity contribution is -0.0425. The standard InChI is InChI=1S/C21H18N4O3S/c26-20-15-9-6-11-22-19(15)29-16-13-23-25(17-10-4-5-12-28-17)21(27)18(16)24(20)14-7-2-1-3-8-14/h1-3,6-9,11,13,17H,4-5,10,12H2. The molecule has 5 rings (SSSR count). The summed E-state index contributed by atoms with van der Waals surface area (Å²) in [5.74, 6) is -0.287. The molecule has 146 valence electrons. The van der Waals surface area contributed by atoms with E-state index in [4.69, 9.17) is 4.74 Å². The zero-order valence-corrected chi connectivity index (χ0v) is 16.3. The largest absolute Gasteiger partial charge is 0.356 e. The summed E-state index contributed by atoms with van der Waals surface area (Å²) in [4.78, 5) is 33.5. The van der Waals surface area contributed by atoms with Crippen LogP contribution >= 0.6 is 11.8 Å². The number of rotatable bonds is 2. The molecular weight excluding hydrogens is 388 g/mol. The summed E-state index contributed by atoms with van der Waals surface area (Å²) in [6.45, 7) is 0.599. The number of pyridine rings is 1. The first-order valence-electron chi connectivity index (χ1n) is 9.50. The van der Waals surface area contributed by atoms with Crippen molar-refractivity contribution in [2.75, 3.05) is 11.5 Å². The predicted molar refractivity (Wildman–Crippen MR) is 109 cm³/mol. The average Bonchev–Trinajstić information content (AvgIpc) is 2.90. The molecule has 0 N–H and O–H groups in total. The van der Waals surface area contributed by atoms with Crippen LogP contribution in [0.5, 0.6) is 0 Å². The van der Waals surface area contributed by atoms with E-state index >= 15 is 0 Å². The minimum Gasteiger partial charge on any atom is -0.356 e. The van der Waals surface area contributed by atoms with E-state index in [9.17, 15) is 9.59 Å². The van der Waals surface area contributed by atoms with Crippen molar-refractivity contribution in [1.82, 2.24) is 14.8 Å². The van der Waals surface area contributed by atoms with Crippen molar-refractivity contribution in [1.29, 1.82) is 0 Å². The Morgan fingerprint density at radius 1 is 1.07 bits per heavy atom. The summed E-state index contributed by atoms with van der Waals surface area (Å²) >= 11 is 1.28. The lowest BCUT2D eigenvalue weighted by Gasteiger charge is -2.26. The van der Waals surface area contributed by atoms with Crippen molar-refractivity contribution in [3.63, 3.8) is 0 Å². The Morgan fingerprint density at radius 2 is 1.93 bits per heavy atom. The summed E-state index contributed by atoms with van der Waals surface area (Å²) in [5.41, 5.74) is 1.02. The number of benzene rings is 1.